The van der Waals surface area contributed by atoms with Gasteiger partial charge in [-0.1, -0.05) is 36.2 Å². The molecule has 1 saturated carbocycles. The van der Waals surface area contributed by atoms with Crippen LogP contribution in [0.2, 0.25) is 5.02 Å². The van der Waals surface area contributed by atoms with Crippen LogP contribution in [0.25, 0.3) is 0 Å². The molecule has 0 aromatic heterocycles. The number of carbonyl (C=O) groups is 2. The highest BCUT2D eigenvalue weighted by molar-refractivity contribution is 6.31. The van der Waals surface area contributed by atoms with Gasteiger partial charge in [-0.05, 0) is 24.5 Å². The van der Waals surface area contributed by atoms with E-state index in [-0.39, 0.29) is 23.1 Å². The number of hydrogen-bond donors (Lipinski definition) is 2. The number of nitrogens with one attached hydrogen (secondary N) is 2. The SMILES string of the molecule is O=C1C[C@@H](C(=O)NCC2(c3ccccc3Cl)CCC2)CN1. The summed E-state index contributed by atoms with van der Waals surface area (Å²) in [7, 11) is 0. The molecule has 4 nitrogen and oxygen atoms in total. The zero-order valence-corrected chi connectivity index (χ0v) is 12.6. The van der Waals surface area contributed by atoms with Crippen molar-refractivity contribution in [3.05, 3.63) is 34.9 Å². The lowest BCUT2D eigenvalue weighted by atomic mass is 9.64. The van der Waals surface area contributed by atoms with E-state index in [1.54, 1.807) is 0 Å². The van der Waals surface area contributed by atoms with Crippen LogP contribution in [-0.2, 0) is 15.0 Å². The topological polar surface area (TPSA) is 58.2 Å². The van der Waals surface area contributed by atoms with Crippen LogP contribution in [0.1, 0.15) is 31.2 Å². The van der Waals surface area contributed by atoms with Crippen molar-refractivity contribution in [2.45, 2.75) is 31.1 Å². The van der Waals surface area contributed by atoms with Crippen LogP contribution in [0.5, 0.6) is 0 Å². The molecule has 1 aliphatic heterocycles. The second-order valence-electron chi connectivity index (χ2n) is 6.04. The molecule has 1 saturated heterocycles. The molecule has 1 heterocycles. The second-order valence-corrected chi connectivity index (χ2v) is 6.44. The van der Waals surface area contributed by atoms with Crippen molar-refractivity contribution >= 4 is 23.4 Å². The van der Waals surface area contributed by atoms with Gasteiger partial charge in [-0.25, -0.2) is 0 Å². The Morgan fingerprint density at radius 1 is 1.38 bits per heavy atom. The number of amides is 2. The monoisotopic (exact) mass is 306 g/mol. The number of carbonyl (C=O) groups excluding carboxylic acids is 2. The molecule has 0 bridgehead atoms. The molecule has 5 heteroatoms. The molecule has 1 aromatic rings. The van der Waals surface area contributed by atoms with Gasteiger partial charge in [0, 0.05) is 29.9 Å². The van der Waals surface area contributed by atoms with Crippen molar-refractivity contribution in [2.75, 3.05) is 13.1 Å². The van der Waals surface area contributed by atoms with Gasteiger partial charge in [0.2, 0.25) is 11.8 Å². The van der Waals surface area contributed by atoms with Crippen molar-refractivity contribution in [1.29, 1.82) is 0 Å². The first-order chi connectivity index (χ1) is 10.1. The van der Waals surface area contributed by atoms with Crippen LogP contribution >= 0.6 is 11.6 Å². The summed E-state index contributed by atoms with van der Waals surface area (Å²) in [5.74, 6) is -0.313. The van der Waals surface area contributed by atoms with Gasteiger partial charge in [0.15, 0.2) is 0 Å². The summed E-state index contributed by atoms with van der Waals surface area (Å²) >= 11 is 6.32. The molecule has 2 amide bonds. The first-order valence-electron chi connectivity index (χ1n) is 7.40. The normalized spacial score (nSPS) is 23.3. The Morgan fingerprint density at radius 2 is 2.14 bits per heavy atom. The molecule has 1 aromatic carbocycles. The summed E-state index contributed by atoms with van der Waals surface area (Å²) in [6.45, 7) is 1.05. The summed E-state index contributed by atoms with van der Waals surface area (Å²) in [6, 6.07) is 7.86. The average molecular weight is 307 g/mol. The Balaban J connectivity index is 1.66. The standard InChI is InChI=1S/C16H19ClN2O2/c17-13-5-2-1-4-12(13)16(6-3-7-16)10-19-15(21)11-8-14(20)18-9-11/h1-2,4-5,11H,3,6-10H2,(H,18,20)(H,19,21)/t11-/m1/s1. The van der Waals surface area contributed by atoms with E-state index in [9.17, 15) is 9.59 Å². The van der Waals surface area contributed by atoms with E-state index in [2.05, 4.69) is 10.6 Å². The summed E-state index contributed by atoms with van der Waals surface area (Å²) in [5, 5.41) is 6.49. The van der Waals surface area contributed by atoms with E-state index >= 15 is 0 Å². The molecular formula is C16H19ClN2O2. The summed E-state index contributed by atoms with van der Waals surface area (Å²) in [5.41, 5.74) is 1.09. The third-order valence-corrected chi connectivity index (χ3v) is 5.03. The van der Waals surface area contributed by atoms with Crippen LogP contribution in [0.4, 0.5) is 0 Å². The maximum absolute atomic E-state index is 12.2. The van der Waals surface area contributed by atoms with Gasteiger partial charge >= 0.3 is 0 Å². The van der Waals surface area contributed by atoms with Crippen LogP contribution < -0.4 is 10.6 Å². The fraction of sp³-hybridized carbons (Fsp3) is 0.500. The lowest BCUT2D eigenvalue weighted by Gasteiger charge is -2.43. The zero-order valence-electron chi connectivity index (χ0n) is 11.8. The molecule has 2 fully saturated rings. The Kier molecular flexibility index (Phi) is 3.89. The maximum atomic E-state index is 12.2. The van der Waals surface area contributed by atoms with Crippen LogP contribution in [0.3, 0.4) is 0 Å². The van der Waals surface area contributed by atoms with E-state index in [1.807, 2.05) is 24.3 Å². The van der Waals surface area contributed by atoms with Crippen molar-refractivity contribution in [1.82, 2.24) is 10.6 Å². The minimum Gasteiger partial charge on any atom is -0.355 e. The van der Waals surface area contributed by atoms with Gasteiger partial charge in [0.1, 0.15) is 0 Å². The van der Waals surface area contributed by atoms with E-state index in [0.717, 1.165) is 29.8 Å². The largest absolute Gasteiger partial charge is 0.355 e. The highest BCUT2D eigenvalue weighted by Crippen LogP contribution is 2.45. The summed E-state index contributed by atoms with van der Waals surface area (Å²) < 4.78 is 0. The number of rotatable bonds is 4. The first-order valence-corrected chi connectivity index (χ1v) is 7.78. The molecule has 0 unspecified atom stereocenters. The predicted molar refractivity (Wildman–Crippen MR) is 81.1 cm³/mol. The number of hydrogen-bond acceptors (Lipinski definition) is 2. The van der Waals surface area contributed by atoms with Crippen molar-refractivity contribution in [2.24, 2.45) is 5.92 Å². The van der Waals surface area contributed by atoms with Crippen LogP contribution in [0.15, 0.2) is 24.3 Å². The van der Waals surface area contributed by atoms with Gasteiger partial charge in [-0.2, -0.15) is 0 Å². The third-order valence-electron chi connectivity index (χ3n) is 4.71. The molecule has 21 heavy (non-hydrogen) atoms. The fourth-order valence-corrected chi connectivity index (χ4v) is 3.56. The second kappa shape index (κ2) is 5.68. The van der Waals surface area contributed by atoms with E-state index in [0.29, 0.717) is 19.5 Å². The fourth-order valence-electron chi connectivity index (χ4n) is 3.23. The molecule has 0 spiro atoms. The Bertz CT molecular complexity index is 569. The Labute approximate surface area is 129 Å². The van der Waals surface area contributed by atoms with Gasteiger partial charge in [0.25, 0.3) is 0 Å². The number of benzene rings is 1. The van der Waals surface area contributed by atoms with Crippen molar-refractivity contribution in [3.63, 3.8) is 0 Å². The summed E-state index contributed by atoms with van der Waals surface area (Å²) in [6.07, 6.45) is 3.53. The molecule has 2 N–H and O–H groups in total. The molecule has 1 atom stereocenters. The van der Waals surface area contributed by atoms with Gasteiger partial charge < -0.3 is 10.6 Å². The number of halogens is 1. The zero-order chi connectivity index (χ0) is 14.9. The molecular weight excluding hydrogens is 288 g/mol. The molecule has 3 rings (SSSR count). The molecule has 112 valence electrons. The minimum atomic E-state index is -0.235. The van der Waals surface area contributed by atoms with E-state index in [1.165, 1.54) is 0 Å². The van der Waals surface area contributed by atoms with Gasteiger partial charge in [-0.3, -0.25) is 9.59 Å². The van der Waals surface area contributed by atoms with Crippen LogP contribution in [0, 0.1) is 5.92 Å². The van der Waals surface area contributed by atoms with Crippen LogP contribution in [-0.4, -0.2) is 24.9 Å². The molecule has 2 aliphatic rings. The smallest absolute Gasteiger partial charge is 0.225 e. The average Bonchev–Trinajstić information content (AvgIpc) is 2.86. The lowest BCUT2D eigenvalue weighted by Crippen LogP contribution is -2.47. The van der Waals surface area contributed by atoms with E-state index in [4.69, 9.17) is 11.6 Å². The third kappa shape index (κ3) is 2.77. The highest BCUT2D eigenvalue weighted by Gasteiger charge is 2.40. The van der Waals surface area contributed by atoms with Gasteiger partial charge in [-0.15, -0.1) is 0 Å². The van der Waals surface area contributed by atoms with Crippen molar-refractivity contribution in [3.8, 4) is 0 Å². The Hall–Kier alpha value is -1.55. The van der Waals surface area contributed by atoms with E-state index < -0.39 is 0 Å². The minimum absolute atomic E-state index is 0.0355. The molecule has 0 radical (unpaired) electrons. The summed E-state index contributed by atoms with van der Waals surface area (Å²) in [4.78, 5) is 23.3. The predicted octanol–water partition coefficient (Wildman–Crippen LogP) is 2.01. The van der Waals surface area contributed by atoms with Gasteiger partial charge in [0.05, 0.1) is 5.92 Å². The quantitative estimate of drug-likeness (QED) is 0.894. The molecule has 1 aliphatic carbocycles. The lowest BCUT2D eigenvalue weighted by molar-refractivity contribution is -0.126. The van der Waals surface area contributed by atoms with Crippen molar-refractivity contribution < 1.29 is 9.59 Å². The first kappa shape index (κ1) is 14.4. The highest BCUT2D eigenvalue weighted by atomic mass is 35.5. The maximum Gasteiger partial charge on any atom is 0.225 e. The Morgan fingerprint density at radius 3 is 2.71 bits per heavy atom.